The molecule has 6 aromatic rings. The van der Waals surface area contributed by atoms with Crippen molar-refractivity contribution in [2.24, 2.45) is 4.99 Å². The molecule has 5 heteroatoms. The zero-order valence-electron chi connectivity index (χ0n) is 16.3. The maximum Gasteiger partial charge on any atom is 0.230 e. The maximum atomic E-state index is 9.86. The van der Waals surface area contributed by atoms with Crippen molar-refractivity contribution in [2.45, 2.75) is 0 Å². The summed E-state index contributed by atoms with van der Waals surface area (Å²) in [6, 6.07) is 29.3. The van der Waals surface area contributed by atoms with Crippen LogP contribution in [0.15, 0.2) is 100 Å². The van der Waals surface area contributed by atoms with Crippen LogP contribution in [0.5, 0.6) is 5.75 Å². The molecular weight excluding hydrogens is 404 g/mol. The summed E-state index contributed by atoms with van der Waals surface area (Å²) in [6.45, 7) is 0. The van der Waals surface area contributed by atoms with E-state index in [0.717, 1.165) is 42.5 Å². The fraction of sp³-hybridized carbons (Fsp3) is 0. The highest BCUT2D eigenvalue weighted by Gasteiger charge is 2.13. The number of thiazole rings is 1. The molecule has 0 saturated heterocycles. The number of phenols is 1. The van der Waals surface area contributed by atoms with Gasteiger partial charge in [0, 0.05) is 11.5 Å². The van der Waals surface area contributed by atoms with Crippen LogP contribution in [-0.4, -0.2) is 10.1 Å². The molecule has 0 aliphatic carbocycles. The maximum absolute atomic E-state index is 9.86. The summed E-state index contributed by atoms with van der Waals surface area (Å²) < 4.78 is 7.42. The van der Waals surface area contributed by atoms with Crippen LogP contribution >= 0.6 is 11.3 Å². The number of rotatable bonds is 2. The molecule has 0 bridgehead atoms. The molecule has 0 aliphatic rings. The van der Waals surface area contributed by atoms with Gasteiger partial charge < -0.3 is 9.52 Å². The van der Waals surface area contributed by atoms with Crippen molar-refractivity contribution >= 4 is 49.0 Å². The third-order valence-electron chi connectivity index (χ3n) is 5.24. The molecule has 0 unspecified atom stereocenters. The normalized spacial score (nSPS) is 12.2. The molecular formula is C26H16N2O2S. The Morgan fingerprint density at radius 1 is 0.806 bits per heavy atom. The van der Waals surface area contributed by atoms with Gasteiger partial charge in [0.15, 0.2) is 0 Å². The van der Waals surface area contributed by atoms with E-state index in [4.69, 9.17) is 14.4 Å². The molecule has 0 atom stereocenters. The summed E-state index contributed by atoms with van der Waals surface area (Å²) in [5.74, 6) is 0.162. The summed E-state index contributed by atoms with van der Waals surface area (Å²) in [7, 11) is 0. The molecule has 4 aromatic carbocycles. The number of hydrogen-bond acceptors (Lipinski definition) is 5. The number of benzene rings is 4. The Morgan fingerprint density at radius 3 is 2.58 bits per heavy atom. The number of nitrogens with zero attached hydrogens (tertiary/aromatic N) is 2. The van der Waals surface area contributed by atoms with E-state index in [1.165, 1.54) is 0 Å². The monoisotopic (exact) mass is 420 g/mol. The minimum Gasteiger partial charge on any atom is -0.508 e. The van der Waals surface area contributed by atoms with Crippen LogP contribution in [0, 0.1) is 0 Å². The van der Waals surface area contributed by atoms with Crippen LogP contribution in [0.25, 0.3) is 42.5 Å². The van der Waals surface area contributed by atoms with Gasteiger partial charge in [-0.05, 0) is 47.2 Å². The van der Waals surface area contributed by atoms with Gasteiger partial charge in [0.25, 0.3) is 0 Å². The molecule has 1 N–H and O–H groups in total. The first kappa shape index (κ1) is 17.9. The second kappa shape index (κ2) is 7.07. The fourth-order valence-electron chi connectivity index (χ4n) is 3.78. The Labute approximate surface area is 181 Å². The van der Waals surface area contributed by atoms with E-state index in [2.05, 4.69) is 30.3 Å². The lowest BCUT2D eigenvalue weighted by Gasteiger charge is -2.06. The Balaban J connectivity index is 1.71. The van der Waals surface area contributed by atoms with Crippen molar-refractivity contribution in [1.82, 2.24) is 4.98 Å². The Kier molecular flexibility index (Phi) is 4.08. The number of aromatic hydroxyl groups is 1. The van der Waals surface area contributed by atoms with E-state index in [1.54, 1.807) is 29.5 Å². The molecule has 0 spiro atoms. The fourth-order valence-corrected chi connectivity index (χ4v) is 4.76. The minimum atomic E-state index is 0.162. The predicted octanol–water partition coefficient (Wildman–Crippen LogP) is 6.80. The quantitative estimate of drug-likeness (QED) is 0.313. The third-order valence-corrected chi connectivity index (χ3v) is 6.31. The Bertz CT molecular complexity index is 1630. The minimum absolute atomic E-state index is 0.162. The molecule has 0 saturated carbocycles. The van der Waals surface area contributed by atoms with Gasteiger partial charge in [-0.1, -0.05) is 48.5 Å². The number of aromatic nitrogens is 1. The smallest absolute Gasteiger partial charge is 0.230 e. The third kappa shape index (κ3) is 3.16. The molecule has 148 valence electrons. The highest BCUT2D eigenvalue weighted by atomic mass is 32.1. The summed E-state index contributed by atoms with van der Waals surface area (Å²) in [5, 5.41) is 14.0. The van der Waals surface area contributed by atoms with Crippen molar-refractivity contribution in [3.8, 4) is 16.3 Å². The lowest BCUT2D eigenvalue weighted by atomic mass is 10.0. The van der Waals surface area contributed by atoms with E-state index in [9.17, 15) is 5.11 Å². The average molecular weight is 420 g/mol. The lowest BCUT2D eigenvalue weighted by Crippen LogP contribution is -2.05. The van der Waals surface area contributed by atoms with Crippen LogP contribution in [0.1, 0.15) is 0 Å². The van der Waals surface area contributed by atoms with Gasteiger partial charge in [-0.3, -0.25) is 0 Å². The first-order valence-electron chi connectivity index (χ1n) is 9.90. The van der Waals surface area contributed by atoms with Crippen LogP contribution in [0.2, 0.25) is 0 Å². The van der Waals surface area contributed by atoms with Gasteiger partial charge in [-0.2, -0.15) is 0 Å². The lowest BCUT2D eigenvalue weighted by molar-refractivity contribution is 0.475. The van der Waals surface area contributed by atoms with Gasteiger partial charge in [-0.15, -0.1) is 11.3 Å². The van der Waals surface area contributed by atoms with Crippen molar-refractivity contribution < 1.29 is 9.52 Å². The zero-order chi connectivity index (χ0) is 20.8. The highest BCUT2D eigenvalue weighted by Crippen LogP contribution is 2.32. The molecule has 31 heavy (non-hydrogen) atoms. The summed E-state index contributed by atoms with van der Waals surface area (Å²) in [5.41, 5.74) is 3.61. The first-order chi connectivity index (χ1) is 15.2. The number of phenolic OH excluding ortho intramolecular Hbond substituents is 1. The van der Waals surface area contributed by atoms with Crippen molar-refractivity contribution in [2.75, 3.05) is 0 Å². The van der Waals surface area contributed by atoms with E-state index in [1.807, 2.05) is 42.5 Å². The predicted molar refractivity (Wildman–Crippen MR) is 126 cm³/mol. The topological polar surface area (TPSA) is 58.6 Å². The van der Waals surface area contributed by atoms with Crippen LogP contribution in [0.3, 0.4) is 0 Å². The largest absolute Gasteiger partial charge is 0.508 e. The Hall–Kier alpha value is -3.96. The van der Waals surface area contributed by atoms with Crippen LogP contribution < -0.4 is 5.55 Å². The second-order valence-electron chi connectivity index (χ2n) is 7.28. The number of fused-ring (bicyclic) bond motifs is 4. The molecule has 2 aromatic heterocycles. The SMILES string of the molecule is Oc1cccc(N=c2oc3ccc4ccccc4c3cc2-c2nc3ccccc3s2)c1. The first-order valence-corrected chi connectivity index (χ1v) is 10.7. The molecule has 0 radical (unpaired) electrons. The van der Waals surface area contributed by atoms with E-state index in [0.29, 0.717) is 11.2 Å². The van der Waals surface area contributed by atoms with Crippen LogP contribution in [0.4, 0.5) is 5.69 Å². The van der Waals surface area contributed by atoms with Crippen molar-refractivity contribution in [3.63, 3.8) is 0 Å². The summed E-state index contributed by atoms with van der Waals surface area (Å²) >= 11 is 1.61. The number of para-hydroxylation sites is 1. The van der Waals surface area contributed by atoms with Gasteiger partial charge >= 0.3 is 0 Å². The van der Waals surface area contributed by atoms with E-state index < -0.39 is 0 Å². The summed E-state index contributed by atoms with van der Waals surface area (Å²) in [6.07, 6.45) is 0. The summed E-state index contributed by atoms with van der Waals surface area (Å²) in [4.78, 5) is 9.56. The molecule has 0 aliphatic heterocycles. The van der Waals surface area contributed by atoms with Gasteiger partial charge in [0.05, 0.1) is 21.5 Å². The van der Waals surface area contributed by atoms with Gasteiger partial charge in [0.2, 0.25) is 5.55 Å². The molecule has 0 fully saturated rings. The average Bonchev–Trinajstić information content (AvgIpc) is 3.22. The molecule has 6 rings (SSSR count). The zero-order valence-corrected chi connectivity index (χ0v) is 17.1. The van der Waals surface area contributed by atoms with E-state index in [-0.39, 0.29) is 5.75 Å². The number of hydrogen-bond donors (Lipinski definition) is 1. The molecule has 0 amide bonds. The molecule has 2 heterocycles. The highest BCUT2D eigenvalue weighted by molar-refractivity contribution is 7.21. The van der Waals surface area contributed by atoms with Crippen LogP contribution in [-0.2, 0) is 0 Å². The van der Waals surface area contributed by atoms with Gasteiger partial charge in [0.1, 0.15) is 16.3 Å². The van der Waals surface area contributed by atoms with E-state index >= 15 is 0 Å². The standard InChI is InChI=1S/C26H16N2O2S/c29-18-8-5-7-17(14-18)27-25-21(26-28-22-10-3-4-11-24(22)31-26)15-20-19-9-2-1-6-16(19)12-13-23(20)30-25/h1-15,29H. The van der Waals surface area contributed by atoms with Crippen molar-refractivity contribution in [1.29, 1.82) is 0 Å². The van der Waals surface area contributed by atoms with Gasteiger partial charge in [-0.25, -0.2) is 9.98 Å². The van der Waals surface area contributed by atoms with Crippen molar-refractivity contribution in [3.05, 3.63) is 96.5 Å². The Morgan fingerprint density at radius 2 is 1.68 bits per heavy atom. The second-order valence-corrected chi connectivity index (χ2v) is 8.31. The molecule has 4 nitrogen and oxygen atoms in total.